The Kier molecular flexibility index (Phi) is 8.67. The van der Waals surface area contributed by atoms with Gasteiger partial charge in [0.15, 0.2) is 0 Å². The molecule has 2 aromatic heterocycles. The van der Waals surface area contributed by atoms with E-state index in [1.807, 2.05) is 24.3 Å². The zero-order chi connectivity index (χ0) is 22.9. The number of nitrogens with one attached hydrogen (secondary N) is 1. The van der Waals surface area contributed by atoms with E-state index in [-0.39, 0.29) is 11.9 Å². The molecule has 1 aromatic carbocycles. The predicted octanol–water partition coefficient (Wildman–Crippen LogP) is 3.44. The van der Waals surface area contributed by atoms with E-state index in [0.29, 0.717) is 23.8 Å². The molecule has 2 atom stereocenters. The van der Waals surface area contributed by atoms with Gasteiger partial charge in [0.25, 0.3) is 5.91 Å². The molecule has 1 amide bonds. The Balaban J connectivity index is 1.52. The van der Waals surface area contributed by atoms with Crippen LogP contribution in [-0.4, -0.2) is 50.5 Å². The fourth-order valence-electron chi connectivity index (χ4n) is 3.36. The number of carbonyl (C=O) groups is 1. The minimum absolute atomic E-state index is 0.0629. The SMILES string of the molecule is CCC(Cc1ccc(C(=O)N(C)Cc2cnccn2)cc1)NCC(O)c1ccc(Cl)nc1. The number of aromatic nitrogens is 3. The van der Waals surface area contributed by atoms with E-state index in [9.17, 15) is 9.90 Å². The van der Waals surface area contributed by atoms with Gasteiger partial charge >= 0.3 is 0 Å². The van der Waals surface area contributed by atoms with Gasteiger partial charge in [-0.2, -0.15) is 0 Å². The molecule has 8 heteroatoms. The number of aliphatic hydroxyl groups excluding tert-OH is 1. The van der Waals surface area contributed by atoms with Crippen molar-refractivity contribution >= 4 is 17.5 Å². The van der Waals surface area contributed by atoms with Crippen LogP contribution in [0, 0.1) is 0 Å². The highest BCUT2D eigenvalue weighted by Crippen LogP contribution is 2.15. The van der Waals surface area contributed by atoms with Gasteiger partial charge in [-0.25, -0.2) is 4.98 Å². The van der Waals surface area contributed by atoms with Crippen LogP contribution in [0.1, 0.15) is 46.6 Å². The highest BCUT2D eigenvalue weighted by atomic mass is 35.5. The minimum Gasteiger partial charge on any atom is -0.387 e. The standard InChI is InChI=1S/C24H28ClN5O2/c1-3-20(28-15-22(31)19-8-9-23(25)29-13-19)12-17-4-6-18(7-5-17)24(32)30(2)16-21-14-26-10-11-27-21/h4-11,13-14,20,22,28,31H,3,12,15-16H2,1-2H3. The van der Waals surface area contributed by atoms with Crippen LogP contribution in [-0.2, 0) is 13.0 Å². The van der Waals surface area contributed by atoms with Gasteiger partial charge in [-0.05, 0) is 36.6 Å². The van der Waals surface area contributed by atoms with E-state index in [2.05, 4.69) is 27.2 Å². The topological polar surface area (TPSA) is 91.2 Å². The molecule has 7 nitrogen and oxygen atoms in total. The number of nitrogens with zero attached hydrogens (tertiary/aromatic N) is 4. The summed E-state index contributed by atoms with van der Waals surface area (Å²) < 4.78 is 0. The summed E-state index contributed by atoms with van der Waals surface area (Å²) in [6.07, 6.45) is 7.53. The third kappa shape index (κ3) is 6.82. The monoisotopic (exact) mass is 453 g/mol. The maximum Gasteiger partial charge on any atom is 0.253 e. The lowest BCUT2D eigenvalue weighted by Gasteiger charge is -2.20. The van der Waals surface area contributed by atoms with Crippen LogP contribution in [0.3, 0.4) is 0 Å². The number of benzene rings is 1. The maximum atomic E-state index is 12.7. The largest absolute Gasteiger partial charge is 0.387 e. The van der Waals surface area contributed by atoms with Crippen LogP contribution < -0.4 is 5.32 Å². The summed E-state index contributed by atoms with van der Waals surface area (Å²) in [7, 11) is 1.75. The number of pyridine rings is 1. The molecule has 32 heavy (non-hydrogen) atoms. The van der Waals surface area contributed by atoms with Crippen molar-refractivity contribution in [1.82, 2.24) is 25.2 Å². The quantitative estimate of drug-likeness (QED) is 0.457. The summed E-state index contributed by atoms with van der Waals surface area (Å²) in [5.74, 6) is -0.0629. The lowest BCUT2D eigenvalue weighted by molar-refractivity contribution is 0.0783. The Morgan fingerprint density at radius 1 is 1.12 bits per heavy atom. The van der Waals surface area contributed by atoms with Crippen LogP contribution in [0.4, 0.5) is 0 Å². The lowest BCUT2D eigenvalue weighted by atomic mass is 10.0. The molecule has 0 aliphatic rings. The van der Waals surface area contributed by atoms with Crippen LogP contribution >= 0.6 is 11.6 Å². The molecule has 0 bridgehead atoms. The number of hydrogen-bond donors (Lipinski definition) is 2. The summed E-state index contributed by atoms with van der Waals surface area (Å²) in [5, 5.41) is 14.2. The van der Waals surface area contributed by atoms with Gasteiger partial charge in [-0.3, -0.25) is 14.8 Å². The van der Waals surface area contributed by atoms with Crippen molar-refractivity contribution in [1.29, 1.82) is 0 Å². The Morgan fingerprint density at radius 2 is 1.91 bits per heavy atom. The van der Waals surface area contributed by atoms with Gasteiger partial charge < -0.3 is 15.3 Å². The molecule has 2 heterocycles. The van der Waals surface area contributed by atoms with E-state index in [4.69, 9.17) is 11.6 Å². The van der Waals surface area contributed by atoms with Crippen molar-refractivity contribution in [3.63, 3.8) is 0 Å². The lowest BCUT2D eigenvalue weighted by Crippen LogP contribution is -2.34. The Bertz CT molecular complexity index is 984. The molecule has 168 valence electrons. The Labute approximate surface area is 193 Å². The minimum atomic E-state index is -0.654. The number of hydrogen-bond acceptors (Lipinski definition) is 6. The second-order valence-electron chi connectivity index (χ2n) is 7.70. The number of carbonyl (C=O) groups excluding carboxylic acids is 1. The molecule has 0 spiro atoms. The smallest absolute Gasteiger partial charge is 0.253 e. The molecule has 2 unspecified atom stereocenters. The molecule has 0 saturated carbocycles. The first kappa shape index (κ1) is 23.8. The van der Waals surface area contributed by atoms with Crippen molar-refractivity contribution in [2.45, 2.75) is 38.5 Å². The highest BCUT2D eigenvalue weighted by Gasteiger charge is 2.15. The summed E-state index contributed by atoms with van der Waals surface area (Å²) in [6, 6.07) is 11.3. The van der Waals surface area contributed by atoms with Gasteiger partial charge in [0.2, 0.25) is 0 Å². The van der Waals surface area contributed by atoms with Gasteiger partial charge in [0.1, 0.15) is 5.15 Å². The number of amides is 1. The van der Waals surface area contributed by atoms with E-state index in [1.165, 1.54) is 0 Å². The Morgan fingerprint density at radius 3 is 2.53 bits per heavy atom. The third-order valence-corrected chi connectivity index (χ3v) is 5.50. The molecular weight excluding hydrogens is 426 g/mol. The van der Waals surface area contributed by atoms with Gasteiger partial charge in [0.05, 0.1) is 24.5 Å². The zero-order valence-corrected chi connectivity index (χ0v) is 19.0. The average Bonchev–Trinajstić information content (AvgIpc) is 2.82. The van der Waals surface area contributed by atoms with Crippen molar-refractivity contribution in [2.75, 3.05) is 13.6 Å². The van der Waals surface area contributed by atoms with E-state index < -0.39 is 6.10 Å². The van der Waals surface area contributed by atoms with Gasteiger partial charge in [-0.1, -0.05) is 36.7 Å². The summed E-state index contributed by atoms with van der Waals surface area (Å²) in [4.78, 5) is 26.6. The molecule has 0 fully saturated rings. The number of rotatable bonds is 10. The van der Waals surface area contributed by atoms with Crippen molar-refractivity contribution in [3.8, 4) is 0 Å². The molecule has 0 aliphatic heterocycles. The van der Waals surface area contributed by atoms with Crippen LogP contribution in [0.2, 0.25) is 5.15 Å². The van der Waals surface area contributed by atoms with Crippen LogP contribution in [0.5, 0.6) is 0 Å². The first-order valence-electron chi connectivity index (χ1n) is 10.6. The van der Waals surface area contributed by atoms with Gasteiger partial charge in [-0.15, -0.1) is 0 Å². The molecular formula is C24H28ClN5O2. The van der Waals surface area contributed by atoms with Gasteiger partial charge in [0, 0.05) is 49.4 Å². The molecule has 0 radical (unpaired) electrons. The predicted molar refractivity (Wildman–Crippen MR) is 124 cm³/mol. The molecule has 2 N–H and O–H groups in total. The normalized spacial score (nSPS) is 12.9. The van der Waals surface area contributed by atoms with Crippen molar-refractivity contribution < 1.29 is 9.90 Å². The zero-order valence-electron chi connectivity index (χ0n) is 18.3. The molecule has 3 aromatic rings. The molecule has 0 aliphatic carbocycles. The van der Waals surface area contributed by atoms with E-state index >= 15 is 0 Å². The fourth-order valence-corrected chi connectivity index (χ4v) is 3.47. The number of aliphatic hydroxyl groups is 1. The molecule has 0 saturated heterocycles. The van der Waals surface area contributed by atoms with Crippen molar-refractivity contribution in [3.05, 3.63) is 88.7 Å². The van der Waals surface area contributed by atoms with Crippen molar-refractivity contribution in [2.24, 2.45) is 0 Å². The van der Waals surface area contributed by atoms with Crippen LogP contribution in [0.25, 0.3) is 0 Å². The Hall–Kier alpha value is -2.87. The highest BCUT2D eigenvalue weighted by molar-refractivity contribution is 6.29. The number of halogens is 1. The maximum absolute atomic E-state index is 12.7. The second kappa shape index (κ2) is 11.7. The van der Waals surface area contributed by atoms with E-state index in [0.717, 1.165) is 29.7 Å². The second-order valence-corrected chi connectivity index (χ2v) is 8.09. The summed E-state index contributed by atoms with van der Waals surface area (Å²) >= 11 is 5.80. The summed E-state index contributed by atoms with van der Waals surface area (Å²) in [5.41, 5.74) is 3.23. The summed E-state index contributed by atoms with van der Waals surface area (Å²) in [6.45, 7) is 2.93. The average molecular weight is 454 g/mol. The van der Waals surface area contributed by atoms with E-state index in [1.54, 1.807) is 48.9 Å². The van der Waals surface area contributed by atoms with Crippen LogP contribution in [0.15, 0.2) is 61.2 Å². The fraction of sp³-hybridized carbons (Fsp3) is 0.333. The molecule has 3 rings (SSSR count). The first-order valence-corrected chi connectivity index (χ1v) is 11.0. The first-order chi connectivity index (χ1) is 15.5. The third-order valence-electron chi connectivity index (χ3n) is 5.27.